The second-order valence-electron chi connectivity index (χ2n) is 6.84. The zero-order valence-corrected chi connectivity index (χ0v) is 15.3. The molecule has 1 N–H and O–H groups in total. The lowest BCUT2D eigenvalue weighted by Gasteiger charge is -2.22. The Morgan fingerprint density at radius 3 is 2.54 bits per heavy atom. The molecular weight excluding hydrogens is 330 g/mol. The van der Waals surface area contributed by atoms with Crippen LogP contribution < -0.4 is 9.64 Å². The fourth-order valence-electron chi connectivity index (χ4n) is 3.59. The number of para-hydroxylation sites is 1. The summed E-state index contributed by atoms with van der Waals surface area (Å²) in [5, 5.41) is 11.1. The molecule has 5 nitrogen and oxygen atoms in total. The van der Waals surface area contributed by atoms with Crippen molar-refractivity contribution in [1.29, 1.82) is 0 Å². The zero-order valence-electron chi connectivity index (χ0n) is 15.3. The number of hydrogen-bond acceptors (Lipinski definition) is 4. The van der Waals surface area contributed by atoms with E-state index in [-0.39, 0.29) is 12.2 Å². The van der Waals surface area contributed by atoms with E-state index >= 15 is 0 Å². The number of benzene rings is 2. The first-order valence-corrected chi connectivity index (χ1v) is 8.66. The van der Waals surface area contributed by atoms with Gasteiger partial charge in [0.2, 0.25) is 0 Å². The predicted octanol–water partition coefficient (Wildman–Crippen LogP) is 2.90. The molecule has 0 spiro atoms. The van der Waals surface area contributed by atoms with Crippen molar-refractivity contribution in [3.05, 3.63) is 59.2 Å². The van der Waals surface area contributed by atoms with Crippen LogP contribution in [0.3, 0.4) is 0 Å². The predicted molar refractivity (Wildman–Crippen MR) is 99.4 cm³/mol. The number of amides is 1. The van der Waals surface area contributed by atoms with Gasteiger partial charge in [-0.25, -0.2) is 0 Å². The number of aliphatic hydroxyl groups is 1. The average molecular weight is 353 g/mol. The van der Waals surface area contributed by atoms with Crippen molar-refractivity contribution >= 4 is 17.4 Å². The molecule has 26 heavy (non-hydrogen) atoms. The first kappa shape index (κ1) is 18.1. The lowest BCUT2D eigenvalue weighted by atomic mass is 9.88. The van der Waals surface area contributed by atoms with Crippen LogP contribution in [0.2, 0.25) is 0 Å². The molecule has 136 valence electrons. The minimum Gasteiger partial charge on any atom is -0.492 e. The largest absolute Gasteiger partial charge is 0.492 e. The number of anilines is 1. The summed E-state index contributed by atoms with van der Waals surface area (Å²) < 4.78 is 5.70. The lowest BCUT2D eigenvalue weighted by molar-refractivity contribution is -0.141. The molecule has 0 radical (unpaired) electrons. The molecule has 2 aromatic rings. The fraction of sp³-hybridized carbons (Fsp3) is 0.333. The molecule has 3 rings (SSSR count). The molecule has 1 amide bonds. The number of Topliss-reactive ketones (excluding diaryl/α,β-unsaturated/α-hetero) is 1. The lowest BCUT2D eigenvalue weighted by Crippen LogP contribution is -2.43. The van der Waals surface area contributed by atoms with Gasteiger partial charge in [-0.2, -0.15) is 0 Å². The van der Waals surface area contributed by atoms with Gasteiger partial charge in [-0.05, 0) is 38.5 Å². The van der Waals surface area contributed by atoms with Crippen LogP contribution in [-0.4, -0.2) is 29.9 Å². The van der Waals surface area contributed by atoms with Gasteiger partial charge in [-0.1, -0.05) is 35.9 Å². The number of carbonyl (C=O) groups is 2. The van der Waals surface area contributed by atoms with Gasteiger partial charge in [-0.15, -0.1) is 0 Å². The zero-order chi connectivity index (χ0) is 18.9. The van der Waals surface area contributed by atoms with E-state index in [2.05, 4.69) is 0 Å². The van der Waals surface area contributed by atoms with Gasteiger partial charge in [0.25, 0.3) is 5.91 Å². The van der Waals surface area contributed by atoms with Gasteiger partial charge in [0, 0.05) is 12.0 Å². The van der Waals surface area contributed by atoms with Crippen LogP contribution in [0.25, 0.3) is 0 Å². The maximum atomic E-state index is 13.0. The Kier molecular flexibility index (Phi) is 4.83. The third-order valence-electron chi connectivity index (χ3n) is 4.59. The van der Waals surface area contributed by atoms with Gasteiger partial charge in [0.15, 0.2) is 5.60 Å². The Morgan fingerprint density at radius 1 is 1.19 bits per heavy atom. The highest BCUT2D eigenvalue weighted by Gasteiger charge is 2.50. The minimum atomic E-state index is -1.80. The Morgan fingerprint density at radius 2 is 1.88 bits per heavy atom. The number of rotatable bonds is 6. The van der Waals surface area contributed by atoms with Crippen LogP contribution >= 0.6 is 0 Å². The molecule has 1 heterocycles. The van der Waals surface area contributed by atoms with Crippen molar-refractivity contribution in [1.82, 2.24) is 0 Å². The SMILES string of the molecule is CC(=O)C[C@]1(O)C(=O)N(CCOc2ccccc2)c2c(C)cc(C)cc21. The highest BCUT2D eigenvalue weighted by Crippen LogP contribution is 2.44. The Hall–Kier alpha value is -2.66. The molecule has 0 unspecified atom stereocenters. The highest BCUT2D eigenvalue weighted by atomic mass is 16.5. The fourth-order valence-corrected chi connectivity index (χ4v) is 3.59. The van der Waals surface area contributed by atoms with Crippen molar-refractivity contribution in [2.75, 3.05) is 18.1 Å². The molecule has 1 aliphatic heterocycles. The summed E-state index contributed by atoms with van der Waals surface area (Å²) in [5.41, 5.74) is 1.23. The summed E-state index contributed by atoms with van der Waals surface area (Å²) in [6.45, 7) is 5.79. The van der Waals surface area contributed by atoms with Gasteiger partial charge in [0.1, 0.15) is 18.1 Å². The molecule has 0 saturated heterocycles. The first-order chi connectivity index (χ1) is 12.3. The second kappa shape index (κ2) is 6.92. The maximum Gasteiger partial charge on any atom is 0.264 e. The number of carbonyl (C=O) groups excluding carboxylic acids is 2. The molecule has 1 atom stereocenters. The number of nitrogens with zero attached hydrogens (tertiary/aromatic N) is 1. The second-order valence-corrected chi connectivity index (χ2v) is 6.84. The standard InChI is InChI=1S/C21H23NO4/c1-14-11-15(2)19-18(12-14)21(25,13-16(3)23)20(24)22(19)9-10-26-17-7-5-4-6-8-17/h4-8,11-12,25H,9-10,13H2,1-3H3/t21-/m1/s1. The molecule has 0 saturated carbocycles. The molecule has 5 heteroatoms. The van der Waals surface area contributed by atoms with Crippen LogP contribution in [0.15, 0.2) is 42.5 Å². The van der Waals surface area contributed by atoms with E-state index in [4.69, 9.17) is 4.74 Å². The van der Waals surface area contributed by atoms with Crippen molar-refractivity contribution < 1.29 is 19.4 Å². The van der Waals surface area contributed by atoms with Crippen molar-refractivity contribution in [3.63, 3.8) is 0 Å². The van der Waals surface area contributed by atoms with E-state index in [1.54, 1.807) is 6.07 Å². The van der Waals surface area contributed by atoms with Crippen molar-refractivity contribution in [2.24, 2.45) is 0 Å². The van der Waals surface area contributed by atoms with E-state index < -0.39 is 11.5 Å². The Balaban J connectivity index is 1.89. The summed E-state index contributed by atoms with van der Waals surface area (Å²) in [6.07, 6.45) is -0.224. The van der Waals surface area contributed by atoms with E-state index in [0.717, 1.165) is 16.9 Å². The first-order valence-electron chi connectivity index (χ1n) is 8.66. The molecule has 1 aliphatic rings. The minimum absolute atomic E-state index is 0.224. The average Bonchev–Trinajstić information content (AvgIpc) is 2.77. The van der Waals surface area contributed by atoms with E-state index in [1.807, 2.05) is 50.2 Å². The number of aryl methyl sites for hydroxylation is 2. The summed E-state index contributed by atoms with van der Waals surface area (Å²) in [5.74, 6) is 0.0281. The summed E-state index contributed by atoms with van der Waals surface area (Å²) >= 11 is 0. The quantitative estimate of drug-likeness (QED) is 0.867. The number of hydrogen-bond donors (Lipinski definition) is 1. The molecule has 0 aromatic heterocycles. The van der Waals surface area contributed by atoms with E-state index in [0.29, 0.717) is 24.4 Å². The molecule has 0 bridgehead atoms. The van der Waals surface area contributed by atoms with Crippen LogP contribution in [-0.2, 0) is 15.2 Å². The number of ether oxygens (including phenoxy) is 1. The summed E-state index contributed by atoms with van der Waals surface area (Å²) in [4.78, 5) is 26.2. The topological polar surface area (TPSA) is 66.8 Å². The Labute approximate surface area is 153 Å². The molecule has 2 aromatic carbocycles. The van der Waals surface area contributed by atoms with Gasteiger partial charge >= 0.3 is 0 Å². The maximum absolute atomic E-state index is 13.0. The normalized spacial score (nSPS) is 18.8. The third kappa shape index (κ3) is 3.22. The van der Waals surface area contributed by atoms with Crippen LogP contribution in [0.5, 0.6) is 5.75 Å². The van der Waals surface area contributed by atoms with Crippen molar-refractivity contribution in [2.45, 2.75) is 32.8 Å². The van der Waals surface area contributed by atoms with Crippen LogP contribution in [0.4, 0.5) is 5.69 Å². The smallest absolute Gasteiger partial charge is 0.264 e. The van der Waals surface area contributed by atoms with Gasteiger partial charge in [0.05, 0.1) is 12.2 Å². The molecule has 0 fully saturated rings. The van der Waals surface area contributed by atoms with Crippen molar-refractivity contribution in [3.8, 4) is 5.75 Å². The summed E-state index contributed by atoms with van der Waals surface area (Å²) in [7, 11) is 0. The number of fused-ring (bicyclic) bond motifs is 1. The number of ketones is 1. The van der Waals surface area contributed by atoms with E-state index in [9.17, 15) is 14.7 Å². The van der Waals surface area contributed by atoms with Gasteiger partial charge in [-0.3, -0.25) is 9.59 Å². The Bertz CT molecular complexity index is 847. The highest BCUT2D eigenvalue weighted by molar-refractivity contribution is 6.09. The van der Waals surface area contributed by atoms with Crippen LogP contribution in [0.1, 0.15) is 30.0 Å². The third-order valence-corrected chi connectivity index (χ3v) is 4.59. The molecular formula is C21H23NO4. The monoisotopic (exact) mass is 353 g/mol. The van der Waals surface area contributed by atoms with Crippen LogP contribution in [0, 0.1) is 13.8 Å². The molecule has 0 aliphatic carbocycles. The summed E-state index contributed by atoms with van der Waals surface area (Å²) in [6, 6.07) is 13.1. The van der Waals surface area contributed by atoms with E-state index in [1.165, 1.54) is 11.8 Å². The van der Waals surface area contributed by atoms with Gasteiger partial charge < -0.3 is 14.7 Å².